The Balaban J connectivity index is 1.50. The number of aliphatic hydroxyl groups excluding tert-OH is 2. The largest absolute Gasteiger partial charge is 0.391 e. The zero-order valence-electron chi connectivity index (χ0n) is 22.7. The summed E-state index contributed by atoms with van der Waals surface area (Å²) in [7, 11) is 0. The lowest BCUT2D eigenvalue weighted by atomic mass is 9.97. The fourth-order valence-electron chi connectivity index (χ4n) is 5.13. The number of nitrogens with one attached hydrogen (secondary N) is 2. The number of β-amino-alcohol motifs (C(OH)–C–C–N with tert-alkyl or cyclic N) is 1. The molecule has 0 bridgehead atoms. The van der Waals surface area contributed by atoms with Crippen LogP contribution in [0.5, 0.6) is 0 Å². The van der Waals surface area contributed by atoms with Gasteiger partial charge in [0.15, 0.2) is 6.10 Å². The first-order chi connectivity index (χ1) is 18.6. The minimum absolute atomic E-state index is 0.202. The molecule has 10 heteroatoms. The van der Waals surface area contributed by atoms with Crippen LogP contribution in [0, 0.1) is 6.92 Å². The van der Waals surface area contributed by atoms with Crippen molar-refractivity contribution >= 4 is 29.6 Å². The number of rotatable bonds is 8. The zero-order valence-corrected chi connectivity index (χ0v) is 23.5. The van der Waals surface area contributed by atoms with Crippen molar-refractivity contribution in [3.05, 3.63) is 71.3 Å². The average molecular weight is 555 g/mol. The molecule has 39 heavy (non-hydrogen) atoms. The molecule has 4 atom stereocenters. The third kappa shape index (κ3) is 6.93. The molecule has 4 amide bonds. The Kier molecular flexibility index (Phi) is 9.19. The lowest BCUT2D eigenvalue weighted by Crippen LogP contribution is -2.59. The van der Waals surface area contributed by atoms with E-state index >= 15 is 0 Å². The monoisotopic (exact) mass is 554 g/mol. The lowest BCUT2D eigenvalue weighted by molar-refractivity contribution is -0.147. The number of aliphatic hydroxyl groups is 2. The van der Waals surface area contributed by atoms with Crippen molar-refractivity contribution in [2.45, 2.75) is 69.2 Å². The van der Waals surface area contributed by atoms with E-state index in [1.807, 2.05) is 75.4 Å². The van der Waals surface area contributed by atoms with Crippen LogP contribution in [0.3, 0.4) is 0 Å². The van der Waals surface area contributed by atoms with Gasteiger partial charge in [0.25, 0.3) is 5.91 Å². The van der Waals surface area contributed by atoms with Gasteiger partial charge in [0.1, 0.15) is 6.04 Å². The van der Waals surface area contributed by atoms with E-state index in [1.54, 1.807) is 0 Å². The van der Waals surface area contributed by atoms with Crippen LogP contribution in [-0.2, 0) is 22.6 Å². The van der Waals surface area contributed by atoms with Crippen molar-refractivity contribution in [3.8, 4) is 0 Å². The van der Waals surface area contributed by atoms with Gasteiger partial charge in [-0.3, -0.25) is 9.59 Å². The second kappa shape index (κ2) is 12.4. The van der Waals surface area contributed by atoms with Crippen molar-refractivity contribution in [3.63, 3.8) is 0 Å². The van der Waals surface area contributed by atoms with E-state index < -0.39 is 41.0 Å². The molecule has 2 fully saturated rings. The first-order valence-corrected chi connectivity index (χ1v) is 14.3. The third-order valence-corrected chi connectivity index (χ3v) is 8.86. The van der Waals surface area contributed by atoms with E-state index in [0.717, 1.165) is 16.7 Å². The summed E-state index contributed by atoms with van der Waals surface area (Å²) in [4.78, 5) is 43.0. The highest BCUT2D eigenvalue weighted by atomic mass is 32.2. The molecule has 2 aromatic carbocycles. The van der Waals surface area contributed by atoms with E-state index in [2.05, 4.69) is 10.6 Å². The fourth-order valence-corrected chi connectivity index (χ4v) is 6.27. The number of likely N-dealkylation sites (tertiary alicyclic amines) is 1. The van der Waals surface area contributed by atoms with Gasteiger partial charge in [0, 0.05) is 24.4 Å². The number of aryl methyl sites for hydroxylation is 1. The molecule has 0 aliphatic carbocycles. The van der Waals surface area contributed by atoms with Crippen molar-refractivity contribution in [1.82, 2.24) is 20.4 Å². The number of urea groups is 1. The van der Waals surface area contributed by atoms with E-state index in [1.165, 1.54) is 21.6 Å². The molecule has 0 saturated carbocycles. The molecule has 9 nitrogen and oxygen atoms in total. The summed E-state index contributed by atoms with van der Waals surface area (Å²) in [6.45, 7) is 6.74. The van der Waals surface area contributed by atoms with E-state index in [-0.39, 0.29) is 24.7 Å². The molecule has 0 radical (unpaired) electrons. The van der Waals surface area contributed by atoms with E-state index in [0.29, 0.717) is 19.5 Å². The van der Waals surface area contributed by atoms with Crippen molar-refractivity contribution in [1.29, 1.82) is 0 Å². The van der Waals surface area contributed by atoms with Gasteiger partial charge in [-0.1, -0.05) is 54.6 Å². The molecular formula is C29H38N4O5S. The van der Waals surface area contributed by atoms with Crippen LogP contribution in [0.1, 0.15) is 37.0 Å². The highest BCUT2D eigenvalue weighted by molar-refractivity contribution is 8.00. The number of benzene rings is 2. The Morgan fingerprint density at radius 3 is 2.46 bits per heavy atom. The molecule has 4 rings (SSSR count). The van der Waals surface area contributed by atoms with Gasteiger partial charge in [0.05, 0.1) is 18.0 Å². The molecule has 0 aromatic heterocycles. The van der Waals surface area contributed by atoms with Crippen LogP contribution in [-0.4, -0.2) is 85.9 Å². The first-order valence-electron chi connectivity index (χ1n) is 13.3. The van der Waals surface area contributed by atoms with Crippen LogP contribution >= 0.6 is 11.8 Å². The highest BCUT2D eigenvalue weighted by Gasteiger charge is 2.49. The normalized spacial score (nSPS) is 21.9. The molecule has 2 aliphatic heterocycles. The number of hydrogen-bond donors (Lipinski definition) is 4. The predicted octanol–water partition coefficient (Wildman–Crippen LogP) is 2.04. The van der Waals surface area contributed by atoms with Crippen LogP contribution < -0.4 is 10.6 Å². The minimum Gasteiger partial charge on any atom is -0.391 e. The molecule has 2 aromatic rings. The SMILES string of the molecule is Cc1ccccc1CNC(=O)[C@H]1N(C(=O)[C@@H](O)[C@H](Cc2ccccc2)NC(=O)N2CC[C@H](O)C2)CSC1(C)C. The summed E-state index contributed by atoms with van der Waals surface area (Å²) < 4.78 is -0.574. The molecule has 0 spiro atoms. The van der Waals surface area contributed by atoms with Gasteiger partial charge < -0.3 is 30.6 Å². The van der Waals surface area contributed by atoms with Crippen molar-refractivity contribution in [2.24, 2.45) is 0 Å². The minimum atomic E-state index is -1.57. The summed E-state index contributed by atoms with van der Waals surface area (Å²) in [5.74, 6) is -0.648. The first kappa shape index (κ1) is 28.9. The van der Waals surface area contributed by atoms with Gasteiger partial charge in [-0.05, 0) is 50.3 Å². The maximum atomic E-state index is 13.7. The van der Waals surface area contributed by atoms with Crippen LogP contribution in [0.2, 0.25) is 0 Å². The van der Waals surface area contributed by atoms with Crippen molar-refractivity contribution in [2.75, 3.05) is 19.0 Å². The van der Waals surface area contributed by atoms with E-state index in [4.69, 9.17) is 0 Å². The molecule has 2 saturated heterocycles. The molecular weight excluding hydrogens is 516 g/mol. The standard InChI is InChI=1S/C29H38N4O5S/c1-19-9-7-8-12-21(19)16-30-26(36)25-29(2,3)39-18-33(25)27(37)24(35)23(15-20-10-5-4-6-11-20)31-28(38)32-14-13-22(34)17-32/h4-12,22-25,34-35H,13-18H2,1-3H3,(H,30,36)(H,31,38)/t22-,23-,24-,25+/m0/s1. The maximum Gasteiger partial charge on any atom is 0.317 e. The zero-order chi connectivity index (χ0) is 28.2. The smallest absolute Gasteiger partial charge is 0.317 e. The Labute approximate surface area is 233 Å². The van der Waals surface area contributed by atoms with Gasteiger partial charge in [-0.2, -0.15) is 0 Å². The van der Waals surface area contributed by atoms with Crippen LogP contribution in [0.25, 0.3) is 0 Å². The molecule has 2 heterocycles. The third-order valence-electron chi connectivity index (χ3n) is 7.48. The second-order valence-electron chi connectivity index (χ2n) is 10.8. The summed E-state index contributed by atoms with van der Waals surface area (Å²) >= 11 is 1.47. The number of carbonyl (C=O) groups excluding carboxylic acids is 3. The Bertz CT molecular complexity index is 1180. The highest BCUT2D eigenvalue weighted by Crippen LogP contribution is 2.40. The number of nitrogens with zero attached hydrogens (tertiary/aromatic N) is 2. The molecule has 0 unspecified atom stereocenters. The van der Waals surface area contributed by atoms with Gasteiger partial charge >= 0.3 is 6.03 Å². The lowest BCUT2D eigenvalue weighted by Gasteiger charge is -2.33. The van der Waals surface area contributed by atoms with Crippen molar-refractivity contribution < 1.29 is 24.6 Å². The maximum absolute atomic E-state index is 13.7. The van der Waals surface area contributed by atoms with Crippen LogP contribution in [0.15, 0.2) is 54.6 Å². The predicted molar refractivity (Wildman–Crippen MR) is 151 cm³/mol. The molecule has 4 N–H and O–H groups in total. The van der Waals surface area contributed by atoms with Gasteiger partial charge in [-0.15, -0.1) is 11.8 Å². The summed E-state index contributed by atoms with van der Waals surface area (Å²) in [6.07, 6.45) is -1.44. The Morgan fingerprint density at radius 1 is 1.10 bits per heavy atom. The number of hydrogen-bond acceptors (Lipinski definition) is 6. The summed E-state index contributed by atoms with van der Waals surface area (Å²) in [6, 6.07) is 14.9. The summed E-state index contributed by atoms with van der Waals surface area (Å²) in [5.41, 5.74) is 2.90. The average Bonchev–Trinajstić information content (AvgIpc) is 3.49. The second-order valence-corrected chi connectivity index (χ2v) is 12.4. The number of carbonyl (C=O) groups is 3. The summed E-state index contributed by atoms with van der Waals surface area (Å²) in [5, 5.41) is 27.0. The Hall–Kier alpha value is -3.08. The Morgan fingerprint density at radius 2 is 1.79 bits per heavy atom. The molecule has 210 valence electrons. The van der Waals surface area contributed by atoms with Crippen LogP contribution in [0.4, 0.5) is 4.79 Å². The fraction of sp³-hybridized carbons (Fsp3) is 0.483. The quantitative estimate of drug-likeness (QED) is 0.396. The number of amides is 4. The number of thioether (sulfide) groups is 1. The topological polar surface area (TPSA) is 122 Å². The van der Waals surface area contributed by atoms with Gasteiger partial charge in [-0.25, -0.2) is 4.79 Å². The molecule has 2 aliphatic rings. The van der Waals surface area contributed by atoms with Gasteiger partial charge in [0.2, 0.25) is 5.91 Å². The van der Waals surface area contributed by atoms with E-state index in [9.17, 15) is 24.6 Å².